The minimum atomic E-state index is -4.01. The fourth-order valence-electron chi connectivity index (χ4n) is 3.61. The van der Waals surface area contributed by atoms with Crippen molar-refractivity contribution in [1.29, 1.82) is 0 Å². The van der Waals surface area contributed by atoms with Crippen LogP contribution in [-0.2, 0) is 46.7 Å². The largest absolute Gasteiger partial charge is 0.468 e. The molecule has 0 bridgehead atoms. The van der Waals surface area contributed by atoms with Gasteiger partial charge in [0, 0.05) is 6.42 Å². The van der Waals surface area contributed by atoms with Crippen molar-refractivity contribution >= 4 is 27.9 Å². The highest BCUT2D eigenvalue weighted by Crippen LogP contribution is 2.30. The van der Waals surface area contributed by atoms with Crippen molar-refractivity contribution in [3.63, 3.8) is 0 Å². The number of nitrogens with one attached hydrogen (secondary N) is 1. The van der Waals surface area contributed by atoms with E-state index in [-0.39, 0.29) is 23.7 Å². The van der Waals surface area contributed by atoms with E-state index in [0.717, 1.165) is 12.7 Å². The predicted octanol–water partition coefficient (Wildman–Crippen LogP) is 4.60. The van der Waals surface area contributed by atoms with E-state index >= 15 is 0 Å². The number of hydrogen-bond acceptors (Lipinski definition) is 9. The van der Waals surface area contributed by atoms with Gasteiger partial charge in [0.1, 0.15) is 34.6 Å². The summed E-state index contributed by atoms with van der Waals surface area (Å²) in [4.78, 5) is 36.8. The first-order chi connectivity index (χ1) is 19.4. The lowest BCUT2D eigenvalue weighted by Gasteiger charge is -2.23. The van der Waals surface area contributed by atoms with Crippen LogP contribution in [0.5, 0.6) is 11.5 Å². The number of esters is 2. The molecule has 3 aromatic carbocycles. The number of methoxy groups -OCH3 is 1. The lowest BCUT2D eigenvalue weighted by molar-refractivity contribution is -0.147. The summed E-state index contributed by atoms with van der Waals surface area (Å²) >= 11 is 0. The molecule has 3 rings (SSSR count). The minimum absolute atomic E-state index is 0.0389. The predicted molar refractivity (Wildman–Crippen MR) is 150 cm³/mol. The van der Waals surface area contributed by atoms with Crippen molar-refractivity contribution in [2.45, 2.75) is 50.3 Å². The summed E-state index contributed by atoms with van der Waals surface area (Å²) in [6.07, 6.45) is -0.666. The Morgan fingerprint density at radius 3 is 2.12 bits per heavy atom. The van der Waals surface area contributed by atoms with Crippen molar-refractivity contribution < 1.29 is 41.7 Å². The fourth-order valence-corrected chi connectivity index (χ4v) is 4.90. The second kappa shape index (κ2) is 13.8. The van der Waals surface area contributed by atoms with Gasteiger partial charge < -0.3 is 24.3 Å². The Balaban J connectivity index is 1.74. The molecule has 218 valence electrons. The Bertz CT molecular complexity index is 1450. The third-order valence-corrected chi connectivity index (χ3v) is 7.13. The van der Waals surface area contributed by atoms with Crippen molar-refractivity contribution in [2.75, 3.05) is 12.9 Å². The molecule has 0 aliphatic rings. The first kappa shape index (κ1) is 31.2. The number of benzene rings is 3. The van der Waals surface area contributed by atoms with Crippen LogP contribution in [0.2, 0.25) is 0 Å². The van der Waals surface area contributed by atoms with Gasteiger partial charge in [0.25, 0.3) is 0 Å². The first-order valence-corrected chi connectivity index (χ1v) is 14.4. The van der Waals surface area contributed by atoms with E-state index in [0.29, 0.717) is 11.3 Å². The molecule has 11 heteroatoms. The number of sulfone groups is 1. The van der Waals surface area contributed by atoms with Gasteiger partial charge in [-0.2, -0.15) is 0 Å². The zero-order valence-electron chi connectivity index (χ0n) is 23.3. The van der Waals surface area contributed by atoms with Gasteiger partial charge in [0.2, 0.25) is 0 Å². The highest BCUT2D eigenvalue weighted by atomic mass is 32.2. The first-order valence-electron chi connectivity index (χ1n) is 12.7. The van der Waals surface area contributed by atoms with E-state index in [9.17, 15) is 22.8 Å². The Kier molecular flexibility index (Phi) is 10.5. The van der Waals surface area contributed by atoms with Gasteiger partial charge in [-0.3, -0.25) is 4.79 Å². The van der Waals surface area contributed by atoms with Gasteiger partial charge in [-0.15, -0.1) is 0 Å². The minimum Gasteiger partial charge on any atom is -0.468 e. The van der Waals surface area contributed by atoms with E-state index in [1.54, 1.807) is 51.1 Å². The fraction of sp³-hybridized carbons (Fsp3) is 0.300. The molecule has 0 saturated carbocycles. The summed E-state index contributed by atoms with van der Waals surface area (Å²) in [5.74, 6) is -1.99. The highest BCUT2D eigenvalue weighted by Gasteiger charge is 2.27. The Morgan fingerprint density at radius 1 is 0.854 bits per heavy atom. The standard InChI is InChI=1S/C30H33NO9S/c1-30(2,3)40-29(34)31-24(28(33)38-19-22-10-6-5-7-11-22)18-21-14-16-23(17-15-21)39-25-12-8-9-13-26(25)41(35,36)20-27(32)37-4/h5-17,24H,18-20H2,1-4H3,(H,31,34). The molecule has 1 atom stereocenters. The third kappa shape index (κ3) is 9.95. The molecule has 41 heavy (non-hydrogen) atoms. The number of ether oxygens (including phenoxy) is 4. The zero-order chi connectivity index (χ0) is 30.0. The quantitative estimate of drug-likeness (QED) is 0.254. The number of hydrogen-bond donors (Lipinski definition) is 1. The molecule has 0 saturated heterocycles. The van der Waals surface area contributed by atoms with Crippen molar-refractivity contribution in [1.82, 2.24) is 5.32 Å². The van der Waals surface area contributed by atoms with E-state index in [1.807, 2.05) is 30.3 Å². The zero-order valence-corrected chi connectivity index (χ0v) is 24.1. The molecule has 0 fully saturated rings. The number of carbonyl (C=O) groups is 3. The smallest absolute Gasteiger partial charge is 0.408 e. The second-order valence-corrected chi connectivity index (χ2v) is 12.0. The number of rotatable bonds is 11. The average Bonchev–Trinajstić information content (AvgIpc) is 2.92. The number of alkyl carbamates (subject to hydrolysis) is 1. The Hall–Kier alpha value is -4.38. The van der Waals surface area contributed by atoms with Crippen LogP contribution in [-0.4, -0.2) is 51.0 Å². The summed E-state index contributed by atoms with van der Waals surface area (Å²) < 4.78 is 46.5. The van der Waals surface area contributed by atoms with Crippen LogP contribution in [0, 0.1) is 0 Å². The van der Waals surface area contributed by atoms with Gasteiger partial charge in [-0.25, -0.2) is 18.0 Å². The van der Waals surface area contributed by atoms with Crippen molar-refractivity contribution in [3.8, 4) is 11.5 Å². The SMILES string of the molecule is COC(=O)CS(=O)(=O)c1ccccc1Oc1ccc(CC(NC(=O)OC(C)(C)C)C(=O)OCc2ccccc2)cc1. The maximum Gasteiger partial charge on any atom is 0.408 e. The normalized spacial score (nSPS) is 12.1. The molecule has 1 amide bonds. The van der Waals surface area contributed by atoms with E-state index in [1.165, 1.54) is 18.2 Å². The van der Waals surface area contributed by atoms with Crippen LogP contribution in [0.1, 0.15) is 31.9 Å². The molecule has 0 heterocycles. The molecular formula is C30H33NO9S. The van der Waals surface area contributed by atoms with Gasteiger partial charge in [0.05, 0.1) is 7.11 Å². The molecule has 1 N–H and O–H groups in total. The molecule has 0 aliphatic carbocycles. The molecule has 0 aliphatic heterocycles. The van der Waals surface area contributed by atoms with E-state index in [2.05, 4.69) is 10.1 Å². The molecule has 0 spiro atoms. The number of carbonyl (C=O) groups excluding carboxylic acids is 3. The third-order valence-electron chi connectivity index (χ3n) is 5.51. The van der Waals surface area contributed by atoms with Crippen LogP contribution in [0.3, 0.4) is 0 Å². The van der Waals surface area contributed by atoms with E-state index in [4.69, 9.17) is 14.2 Å². The number of para-hydroxylation sites is 1. The van der Waals surface area contributed by atoms with Gasteiger partial charge in [0.15, 0.2) is 15.6 Å². The van der Waals surface area contributed by atoms with Crippen molar-refractivity contribution in [3.05, 3.63) is 90.0 Å². The summed E-state index contributed by atoms with van der Waals surface area (Å²) in [6, 6.07) is 20.6. The van der Waals surface area contributed by atoms with Crippen LogP contribution < -0.4 is 10.1 Å². The van der Waals surface area contributed by atoms with Gasteiger partial charge >= 0.3 is 18.0 Å². The lowest BCUT2D eigenvalue weighted by atomic mass is 10.1. The van der Waals surface area contributed by atoms with Crippen molar-refractivity contribution in [2.24, 2.45) is 0 Å². The maximum atomic E-state index is 13.0. The molecule has 0 radical (unpaired) electrons. The Morgan fingerprint density at radius 2 is 1.49 bits per heavy atom. The second-order valence-electron chi connectivity index (χ2n) is 10.0. The maximum absolute atomic E-state index is 13.0. The van der Waals surface area contributed by atoms with Gasteiger partial charge in [-0.1, -0.05) is 54.6 Å². The summed E-state index contributed by atoms with van der Waals surface area (Å²) in [5.41, 5.74) is 0.705. The summed E-state index contributed by atoms with van der Waals surface area (Å²) in [6.45, 7) is 5.18. The van der Waals surface area contributed by atoms with Crippen LogP contribution >= 0.6 is 0 Å². The Labute approximate surface area is 239 Å². The lowest BCUT2D eigenvalue weighted by Crippen LogP contribution is -2.45. The van der Waals surface area contributed by atoms with Gasteiger partial charge in [-0.05, 0) is 56.2 Å². The summed E-state index contributed by atoms with van der Waals surface area (Å²) in [7, 11) is -2.90. The van der Waals surface area contributed by atoms with E-state index < -0.39 is 45.3 Å². The average molecular weight is 584 g/mol. The number of amides is 1. The monoisotopic (exact) mass is 583 g/mol. The molecule has 3 aromatic rings. The topological polar surface area (TPSA) is 134 Å². The van der Waals surface area contributed by atoms with Crippen LogP contribution in [0.4, 0.5) is 4.79 Å². The molecule has 1 unspecified atom stereocenters. The molecule has 0 aromatic heterocycles. The highest BCUT2D eigenvalue weighted by molar-refractivity contribution is 7.92. The molecular weight excluding hydrogens is 550 g/mol. The van der Waals surface area contributed by atoms with Crippen LogP contribution in [0.25, 0.3) is 0 Å². The molecule has 10 nitrogen and oxygen atoms in total. The summed E-state index contributed by atoms with van der Waals surface area (Å²) in [5, 5.41) is 2.59. The van der Waals surface area contributed by atoms with Crippen LogP contribution in [0.15, 0.2) is 83.8 Å².